The lowest BCUT2D eigenvalue weighted by Crippen LogP contribution is -1.97. The van der Waals surface area contributed by atoms with Crippen LogP contribution in [0.4, 0.5) is 4.39 Å². The molecule has 0 amide bonds. The maximum Gasteiger partial charge on any atom is 0.243 e. The number of ether oxygens (including phenoxy) is 2. The van der Waals surface area contributed by atoms with E-state index < -0.39 is 0 Å². The molecule has 0 N–H and O–H groups in total. The van der Waals surface area contributed by atoms with Crippen molar-refractivity contribution < 1.29 is 13.9 Å². The molecule has 0 fully saturated rings. The smallest absolute Gasteiger partial charge is 0.243 e. The van der Waals surface area contributed by atoms with E-state index in [4.69, 9.17) is 9.47 Å². The van der Waals surface area contributed by atoms with Crippen molar-refractivity contribution in [3.05, 3.63) is 72.0 Å². The third kappa shape index (κ3) is 3.66. The largest absolute Gasteiger partial charge is 0.497 e. The van der Waals surface area contributed by atoms with Gasteiger partial charge < -0.3 is 9.47 Å². The molecule has 7 heteroatoms. The number of benzene rings is 2. The van der Waals surface area contributed by atoms with Crippen LogP contribution < -0.4 is 9.47 Å². The van der Waals surface area contributed by atoms with Gasteiger partial charge in [-0.1, -0.05) is 23.9 Å². The van der Waals surface area contributed by atoms with Crippen molar-refractivity contribution in [3.63, 3.8) is 0 Å². The Balaban J connectivity index is 1.61. The average Bonchev–Trinajstić information content (AvgIpc) is 3.11. The number of rotatable bonds is 6. The zero-order valence-corrected chi connectivity index (χ0v) is 16.2. The van der Waals surface area contributed by atoms with Gasteiger partial charge in [0.1, 0.15) is 22.3 Å². The standard InChI is InChI=1S/C21H18FN3O2S/c1-26-17-9-3-14(4-10-17)13-28-19-12-11-18-23-20(21(27-2)25(18)24-19)15-5-7-16(22)8-6-15/h3-12H,13H2,1-2H3. The fraction of sp³-hybridized carbons (Fsp3) is 0.143. The van der Waals surface area contributed by atoms with E-state index in [1.165, 1.54) is 17.7 Å². The summed E-state index contributed by atoms with van der Waals surface area (Å²) in [5.41, 5.74) is 3.26. The van der Waals surface area contributed by atoms with Crippen LogP contribution in [0.5, 0.6) is 11.6 Å². The topological polar surface area (TPSA) is 48.7 Å². The van der Waals surface area contributed by atoms with E-state index in [1.807, 2.05) is 36.4 Å². The zero-order valence-electron chi connectivity index (χ0n) is 15.4. The van der Waals surface area contributed by atoms with Gasteiger partial charge in [0.15, 0.2) is 5.65 Å². The molecule has 2 aromatic heterocycles. The summed E-state index contributed by atoms with van der Waals surface area (Å²) in [6.07, 6.45) is 0. The first-order valence-corrected chi connectivity index (χ1v) is 9.62. The molecule has 5 nitrogen and oxygen atoms in total. The van der Waals surface area contributed by atoms with Crippen LogP contribution in [0.2, 0.25) is 0 Å². The second kappa shape index (κ2) is 7.90. The van der Waals surface area contributed by atoms with Gasteiger partial charge in [-0.25, -0.2) is 9.37 Å². The van der Waals surface area contributed by atoms with Gasteiger partial charge in [0, 0.05) is 11.3 Å². The Kier molecular flexibility index (Phi) is 5.16. The normalized spacial score (nSPS) is 11.0. The molecule has 4 aromatic rings. The van der Waals surface area contributed by atoms with Crippen LogP contribution in [-0.4, -0.2) is 28.8 Å². The minimum Gasteiger partial charge on any atom is -0.497 e. The summed E-state index contributed by atoms with van der Waals surface area (Å²) in [5, 5.41) is 5.50. The van der Waals surface area contributed by atoms with E-state index in [-0.39, 0.29) is 5.82 Å². The van der Waals surface area contributed by atoms with E-state index in [9.17, 15) is 4.39 Å². The SMILES string of the molecule is COc1ccc(CSc2ccc3nc(-c4ccc(F)cc4)c(OC)n3n2)cc1. The number of methoxy groups -OCH3 is 2. The van der Waals surface area contributed by atoms with Crippen molar-refractivity contribution in [1.29, 1.82) is 0 Å². The zero-order chi connectivity index (χ0) is 19.5. The maximum atomic E-state index is 13.2. The fourth-order valence-electron chi connectivity index (χ4n) is 2.83. The predicted molar refractivity (Wildman–Crippen MR) is 107 cm³/mol. The predicted octanol–water partition coefficient (Wildman–Crippen LogP) is 4.84. The van der Waals surface area contributed by atoms with Gasteiger partial charge in [-0.05, 0) is 54.1 Å². The van der Waals surface area contributed by atoms with E-state index >= 15 is 0 Å². The van der Waals surface area contributed by atoms with Gasteiger partial charge in [-0.15, -0.1) is 0 Å². The first kappa shape index (κ1) is 18.3. The van der Waals surface area contributed by atoms with Crippen LogP contribution in [0.15, 0.2) is 65.7 Å². The number of imidazole rings is 1. The Hall–Kier alpha value is -3.06. The van der Waals surface area contributed by atoms with Crippen molar-refractivity contribution in [3.8, 4) is 22.9 Å². The molecular weight excluding hydrogens is 377 g/mol. The molecule has 2 heterocycles. The molecule has 0 aliphatic rings. The summed E-state index contributed by atoms with van der Waals surface area (Å²) >= 11 is 1.62. The third-order valence-electron chi connectivity index (χ3n) is 4.27. The second-order valence-electron chi connectivity index (χ2n) is 6.05. The number of aromatic nitrogens is 3. The van der Waals surface area contributed by atoms with Crippen LogP contribution in [0, 0.1) is 5.82 Å². The van der Waals surface area contributed by atoms with Crippen LogP contribution in [-0.2, 0) is 5.75 Å². The van der Waals surface area contributed by atoms with E-state index in [1.54, 1.807) is 42.6 Å². The summed E-state index contributed by atoms with van der Waals surface area (Å²) < 4.78 is 25.6. The average molecular weight is 395 g/mol. The highest BCUT2D eigenvalue weighted by Gasteiger charge is 2.16. The summed E-state index contributed by atoms with van der Waals surface area (Å²) in [6.45, 7) is 0. The number of hydrogen-bond acceptors (Lipinski definition) is 5. The van der Waals surface area contributed by atoms with Gasteiger partial charge >= 0.3 is 0 Å². The summed E-state index contributed by atoms with van der Waals surface area (Å²) in [7, 11) is 3.23. The highest BCUT2D eigenvalue weighted by Crippen LogP contribution is 2.31. The van der Waals surface area contributed by atoms with Gasteiger partial charge in [-0.3, -0.25) is 0 Å². The molecule has 0 radical (unpaired) electrons. The lowest BCUT2D eigenvalue weighted by Gasteiger charge is -2.05. The van der Waals surface area contributed by atoms with E-state index in [2.05, 4.69) is 10.1 Å². The molecule has 0 bridgehead atoms. The Morgan fingerprint density at radius 2 is 1.68 bits per heavy atom. The molecule has 0 aliphatic carbocycles. The number of thioether (sulfide) groups is 1. The highest BCUT2D eigenvalue weighted by atomic mass is 32.2. The van der Waals surface area contributed by atoms with Crippen molar-refractivity contribution >= 4 is 17.4 Å². The molecule has 28 heavy (non-hydrogen) atoms. The Labute approximate surface area is 166 Å². The van der Waals surface area contributed by atoms with Crippen molar-refractivity contribution in [2.75, 3.05) is 14.2 Å². The Morgan fingerprint density at radius 3 is 2.36 bits per heavy atom. The fourth-order valence-corrected chi connectivity index (χ4v) is 3.64. The Morgan fingerprint density at radius 1 is 0.929 bits per heavy atom. The summed E-state index contributed by atoms with van der Waals surface area (Å²) in [5.74, 6) is 1.85. The van der Waals surface area contributed by atoms with Gasteiger partial charge in [0.05, 0.1) is 14.2 Å². The van der Waals surface area contributed by atoms with Gasteiger partial charge in [0.2, 0.25) is 5.88 Å². The molecule has 142 valence electrons. The second-order valence-corrected chi connectivity index (χ2v) is 7.05. The van der Waals surface area contributed by atoms with Gasteiger partial charge in [0.25, 0.3) is 0 Å². The van der Waals surface area contributed by atoms with Crippen LogP contribution in [0.1, 0.15) is 5.56 Å². The molecular formula is C21H18FN3O2S. The summed E-state index contributed by atoms with van der Waals surface area (Å²) in [6, 6.07) is 18.0. The van der Waals surface area contributed by atoms with Crippen molar-refractivity contribution in [1.82, 2.24) is 14.6 Å². The number of halogens is 1. The Bertz CT molecular complexity index is 1100. The molecule has 0 saturated carbocycles. The lowest BCUT2D eigenvalue weighted by atomic mass is 10.1. The van der Waals surface area contributed by atoms with E-state index in [0.717, 1.165) is 22.1 Å². The minimum atomic E-state index is -0.290. The molecule has 0 aliphatic heterocycles. The van der Waals surface area contributed by atoms with Crippen molar-refractivity contribution in [2.24, 2.45) is 0 Å². The molecule has 2 aromatic carbocycles. The minimum absolute atomic E-state index is 0.290. The maximum absolute atomic E-state index is 13.2. The number of hydrogen-bond donors (Lipinski definition) is 0. The molecule has 4 rings (SSSR count). The first-order chi connectivity index (χ1) is 13.7. The quantitative estimate of drug-likeness (QED) is 0.437. The lowest BCUT2D eigenvalue weighted by molar-refractivity contribution is 0.387. The monoisotopic (exact) mass is 395 g/mol. The van der Waals surface area contributed by atoms with Crippen molar-refractivity contribution in [2.45, 2.75) is 10.8 Å². The number of nitrogens with zero attached hydrogens (tertiary/aromatic N) is 3. The summed E-state index contributed by atoms with van der Waals surface area (Å²) in [4.78, 5) is 4.59. The van der Waals surface area contributed by atoms with Crippen LogP contribution in [0.3, 0.4) is 0 Å². The third-order valence-corrected chi connectivity index (χ3v) is 5.26. The van der Waals surface area contributed by atoms with Gasteiger partial charge in [-0.2, -0.15) is 9.61 Å². The molecule has 0 spiro atoms. The molecule has 0 unspecified atom stereocenters. The molecule has 0 atom stereocenters. The highest BCUT2D eigenvalue weighted by molar-refractivity contribution is 7.98. The van der Waals surface area contributed by atoms with Crippen LogP contribution >= 0.6 is 11.8 Å². The van der Waals surface area contributed by atoms with Crippen LogP contribution in [0.25, 0.3) is 16.9 Å². The molecule has 0 saturated heterocycles. The number of fused-ring (bicyclic) bond motifs is 1. The first-order valence-electron chi connectivity index (χ1n) is 8.63. The van der Waals surface area contributed by atoms with E-state index in [0.29, 0.717) is 17.2 Å².